The van der Waals surface area contributed by atoms with E-state index in [9.17, 15) is 4.79 Å². The number of aryl methyl sites for hydroxylation is 1. The number of aliphatic carboxylic acids is 1. The number of benzene rings is 2. The predicted octanol–water partition coefficient (Wildman–Crippen LogP) is 3.65. The van der Waals surface area contributed by atoms with Crippen molar-refractivity contribution in [3.63, 3.8) is 0 Å². The number of halogens is 1. The van der Waals surface area contributed by atoms with Crippen molar-refractivity contribution in [2.75, 3.05) is 0 Å². The van der Waals surface area contributed by atoms with Gasteiger partial charge in [-0.1, -0.05) is 11.6 Å². The van der Waals surface area contributed by atoms with Gasteiger partial charge in [-0.05, 0) is 60.2 Å². The molecule has 3 aromatic rings. The summed E-state index contributed by atoms with van der Waals surface area (Å²) in [5.74, 6) is 1.02. The molecule has 3 rings (SSSR count). The number of carboxylic acids is 1. The van der Waals surface area contributed by atoms with Crippen molar-refractivity contribution < 1.29 is 14.6 Å². The number of rotatable bonds is 7. The maximum atomic E-state index is 10.5. The number of hydrogen-bond acceptors (Lipinski definition) is 5. The molecule has 0 saturated carbocycles. The van der Waals surface area contributed by atoms with Crippen LogP contribution in [0.3, 0.4) is 0 Å². The van der Waals surface area contributed by atoms with Crippen LogP contribution in [0.5, 0.6) is 11.5 Å². The molecule has 0 unspecified atom stereocenters. The van der Waals surface area contributed by atoms with Crippen LogP contribution in [0.4, 0.5) is 0 Å². The van der Waals surface area contributed by atoms with E-state index < -0.39 is 5.97 Å². The fourth-order valence-corrected chi connectivity index (χ4v) is 2.26. The Hall–Kier alpha value is -2.93. The lowest BCUT2D eigenvalue weighted by Gasteiger charge is -2.05. The molecule has 0 amide bonds. The molecule has 0 aliphatic rings. The first-order valence-corrected chi connectivity index (χ1v) is 8.01. The van der Waals surface area contributed by atoms with E-state index >= 15 is 0 Å². The molecule has 1 N–H and O–H groups in total. The van der Waals surface area contributed by atoms with E-state index in [2.05, 4.69) is 15.4 Å². The monoisotopic (exact) mass is 358 g/mol. The Morgan fingerprint density at radius 2 is 1.72 bits per heavy atom. The van der Waals surface area contributed by atoms with Gasteiger partial charge in [-0.15, -0.1) is 10.2 Å². The second kappa shape index (κ2) is 7.76. The van der Waals surface area contributed by atoms with Crippen LogP contribution in [0.2, 0.25) is 5.02 Å². The summed E-state index contributed by atoms with van der Waals surface area (Å²) >= 11 is 5.85. The number of nitrogens with zero attached hydrogens (tertiary/aromatic N) is 4. The topological polar surface area (TPSA) is 90.1 Å². The highest BCUT2D eigenvalue weighted by atomic mass is 35.5. The molecule has 0 bridgehead atoms. The first-order valence-electron chi connectivity index (χ1n) is 7.63. The smallest absolute Gasteiger partial charge is 0.303 e. The highest BCUT2D eigenvalue weighted by Crippen LogP contribution is 2.25. The van der Waals surface area contributed by atoms with Crippen LogP contribution < -0.4 is 4.74 Å². The molecule has 7 nitrogen and oxygen atoms in total. The van der Waals surface area contributed by atoms with Crippen molar-refractivity contribution in [3.8, 4) is 22.9 Å². The van der Waals surface area contributed by atoms with E-state index in [1.54, 1.807) is 24.3 Å². The van der Waals surface area contributed by atoms with Gasteiger partial charge in [-0.2, -0.15) is 4.80 Å². The Balaban J connectivity index is 1.63. The van der Waals surface area contributed by atoms with Crippen molar-refractivity contribution in [1.29, 1.82) is 0 Å². The summed E-state index contributed by atoms with van der Waals surface area (Å²) in [7, 11) is 0. The van der Waals surface area contributed by atoms with Crippen molar-refractivity contribution in [2.24, 2.45) is 0 Å². The zero-order valence-electron chi connectivity index (χ0n) is 13.2. The summed E-state index contributed by atoms with van der Waals surface area (Å²) in [6, 6.07) is 14.4. The third-order valence-corrected chi connectivity index (χ3v) is 3.62. The van der Waals surface area contributed by atoms with Crippen molar-refractivity contribution in [2.45, 2.75) is 19.4 Å². The third-order valence-electron chi connectivity index (χ3n) is 3.36. The van der Waals surface area contributed by atoms with Crippen LogP contribution in [0.15, 0.2) is 48.5 Å². The van der Waals surface area contributed by atoms with Crippen LogP contribution in [0.1, 0.15) is 12.8 Å². The van der Waals surface area contributed by atoms with Crippen LogP contribution in [0, 0.1) is 0 Å². The summed E-state index contributed by atoms with van der Waals surface area (Å²) in [6.07, 6.45) is 0.534. The maximum Gasteiger partial charge on any atom is 0.303 e. The molecule has 0 spiro atoms. The Morgan fingerprint density at radius 1 is 1.08 bits per heavy atom. The quantitative estimate of drug-likeness (QED) is 0.693. The lowest BCUT2D eigenvalue weighted by atomic mass is 10.2. The standard InChI is InChI=1S/C17H15ClN4O3/c18-13-5-9-15(10-6-13)25-14-7-3-12(4-8-14)17-19-21-22(20-17)11-1-2-16(23)24/h3-10H,1-2,11H2,(H,23,24). The molecule has 1 heterocycles. The zero-order valence-corrected chi connectivity index (χ0v) is 13.9. The van der Waals surface area contributed by atoms with E-state index in [1.807, 2.05) is 24.3 Å². The van der Waals surface area contributed by atoms with Gasteiger partial charge in [-0.3, -0.25) is 4.79 Å². The van der Waals surface area contributed by atoms with Gasteiger partial charge in [0, 0.05) is 17.0 Å². The first-order chi connectivity index (χ1) is 12.1. The molecule has 0 aliphatic heterocycles. The average molecular weight is 359 g/mol. The van der Waals surface area contributed by atoms with Crippen LogP contribution in [-0.2, 0) is 11.3 Å². The molecule has 8 heteroatoms. The Labute approximate surface area is 148 Å². The molecule has 128 valence electrons. The van der Waals surface area contributed by atoms with E-state index in [4.69, 9.17) is 21.4 Å². The zero-order chi connectivity index (χ0) is 17.6. The first kappa shape index (κ1) is 16.9. The van der Waals surface area contributed by atoms with Crippen LogP contribution in [-0.4, -0.2) is 31.3 Å². The van der Waals surface area contributed by atoms with E-state index in [-0.39, 0.29) is 6.42 Å². The molecule has 0 atom stereocenters. The minimum atomic E-state index is -0.836. The Morgan fingerprint density at radius 3 is 2.36 bits per heavy atom. The highest BCUT2D eigenvalue weighted by Gasteiger charge is 2.07. The second-order valence-electron chi connectivity index (χ2n) is 5.29. The van der Waals surface area contributed by atoms with Crippen LogP contribution in [0.25, 0.3) is 11.4 Å². The number of carbonyl (C=O) groups is 1. The molecule has 2 aromatic carbocycles. The van der Waals surface area contributed by atoms with Gasteiger partial charge < -0.3 is 9.84 Å². The van der Waals surface area contributed by atoms with Gasteiger partial charge in [0.1, 0.15) is 11.5 Å². The fourth-order valence-electron chi connectivity index (χ4n) is 2.14. The molecular weight excluding hydrogens is 344 g/mol. The lowest BCUT2D eigenvalue weighted by molar-refractivity contribution is -0.137. The minimum absolute atomic E-state index is 0.0770. The van der Waals surface area contributed by atoms with E-state index in [1.165, 1.54) is 4.80 Å². The summed E-state index contributed by atoms with van der Waals surface area (Å²) in [6.45, 7) is 0.414. The van der Waals surface area contributed by atoms with Gasteiger partial charge in [0.25, 0.3) is 0 Å². The number of carboxylic acid groups (broad SMARTS) is 1. The summed E-state index contributed by atoms with van der Waals surface area (Å²) in [5.41, 5.74) is 0.799. The lowest BCUT2D eigenvalue weighted by Crippen LogP contribution is -2.05. The van der Waals surface area contributed by atoms with Gasteiger partial charge in [-0.25, -0.2) is 0 Å². The number of aromatic nitrogens is 4. The number of hydrogen-bond donors (Lipinski definition) is 1. The number of tetrazole rings is 1. The van der Waals surface area contributed by atoms with Crippen molar-refractivity contribution >= 4 is 17.6 Å². The molecule has 0 radical (unpaired) electrons. The molecule has 0 fully saturated rings. The predicted molar refractivity (Wildman–Crippen MR) is 91.6 cm³/mol. The van der Waals surface area contributed by atoms with Crippen molar-refractivity contribution in [3.05, 3.63) is 53.6 Å². The maximum absolute atomic E-state index is 10.5. The van der Waals surface area contributed by atoms with E-state index in [0.717, 1.165) is 5.56 Å². The van der Waals surface area contributed by atoms with Gasteiger partial charge in [0.15, 0.2) is 0 Å². The molecule has 1 aromatic heterocycles. The Kier molecular flexibility index (Phi) is 5.25. The molecule has 25 heavy (non-hydrogen) atoms. The van der Waals surface area contributed by atoms with Crippen LogP contribution >= 0.6 is 11.6 Å². The fraction of sp³-hybridized carbons (Fsp3) is 0.176. The SMILES string of the molecule is O=C(O)CCCn1nnc(-c2ccc(Oc3ccc(Cl)cc3)cc2)n1. The average Bonchev–Trinajstić information content (AvgIpc) is 3.06. The van der Waals surface area contributed by atoms with Gasteiger partial charge >= 0.3 is 5.97 Å². The molecule has 0 saturated heterocycles. The van der Waals surface area contributed by atoms with Gasteiger partial charge in [0.2, 0.25) is 5.82 Å². The highest BCUT2D eigenvalue weighted by molar-refractivity contribution is 6.30. The largest absolute Gasteiger partial charge is 0.481 e. The molecular formula is C17H15ClN4O3. The Bertz CT molecular complexity index is 847. The summed E-state index contributed by atoms with van der Waals surface area (Å²) in [5, 5.41) is 21.4. The summed E-state index contributed by atoms with van der Waals surface area (Å²) < 4.78 is 5.73. The normalized spacial score (nSPS) is 10.6. The van der Waals surface area contributed by atoms with E-state index in [0.29, 0.717) is 35.3 Å². The van der Waals surface area contributed by atoms with Gasteiger partial charge in [0.05, 0.1) is 6.54 Å². The molecule has 0 aliphatic carbocycles. The number of ether oxygens (including phenoxy) is 1. The summed E-state index contributed by atoms with van der Waals surface area (Å²) in [4.78, 5) is 11.9. The van der Waals surface area contributed by atoms with Crippen molar-refractivity contribution in [1.82, 2.24) is 20.2 Å². The minimum Gasteiger partial charge on any atom is -0.481 e. The third kappa shape index (κ3) is 4.77. The second-order valence-corrected chi connectivity index (χ2v) is 5.72.